The van der Waals surface area contributed by atoms with Gasteiger partial charge in [-0.25, -0.2) is 0 Å². The van der Waals surface area contributed by atoms with Crippen LogP contribution in [0.25, 0.3) is 97.0 Å². The van der Waals surface area contributed by atoms with Crippen LogP contribution < -0.4 is 4.90 Å². The summed E-state index contributed by atoms with van der Waals surface area (Å²) in [5.41, 5.74) is 12.9. The van der Waals surface area contributed by atoms with Crippen molar-refractivity contribution in [3.8, 4) is 44.5 Å². The zero-order chi connectivity index (χ0) is 41.0. The van der Waals surface area contributed by atoms with E-state index in [4.69, 9.17) is 0 Å². The summed E-state index contributed by atoms with van der Waals surface area (Å²) in [5.74, 6) is 0. The van der Waals surface area contributed by atoms with Gasteiger partial charge in [0, 0.05) is 42.4 Å². The molecule has 1 heterocycles. The average Bonchev–Trinajstić information content (AvgIpc) is 3.73. The highest BCUT2D eigenvalue weighted by Crippen LogP contribution is 2.51. The molecule has 12 aromatic rings. The van der Waals surface area contributed by atoms with E-state index in [1.807, 2.05) is 11.3 Å². The van der Waals surface area contributed by atoms with E-state index < -0.39 is 0 Å². The smallest absolute Gasteiger partial charge is 0.0541 e. The number of nitrogens with zero attached hydrogens (tertiary/aromatic N) is 1. The van der Waals surface area contributed by atoms with Crippen LogP contribution in [0.4, 0.5) is 17.1 Å². The standard InChI is InChI=1S/C60H39NS/c1-2-18-40(19-3-1)44-28-14-21-42-22-15-31-52(59(42)44)49-25-7-11-35-56(49)61(57-36-12-8-26-50(57)53-32-17-33-54-51-27-9-13-37-58(51)62-60(53)54)55-34-10-6-24-48(55)46-30-16-29-45-43-23-5-4-20-41(43)38-39-47(45)46/h1-39H. The van der Waals surface area contributed by atoms with Crippen LogP contribution in [-0.4, -0.2) is 0 Å². The molecule has 0 radical (unpaired) electrons. The summed E-state index contributed by atoms with van der Waals surface area (Å²) in [4.78, 5) is 2.54. The molecule has 11 aromatic carbocycles. The average molecular weight is 806 g/mol. The summed E-state index contributed by atoms with van der Waals surface area (Å²) >= 11 is 1.88. The number of hydrogen-bond acceptors (Lipinski definition) is 2. The minimum absolute atomic E-state index is 1.11. The fraction of sp³-hybridized carbons (Fsp3) is 0. The van der Waals surface area contributed by atoms with Gasteiger partial charge in [0.2, 0.25) is 0 Å². The van der Waals surface area contributed by atoms with Crippen LogP contribution in [0.3, 0.4) is 0 Å². The number of hydrogen-bond donors (Lipinski definition) is 0. The van der Waals surface area contributed by atoms with Crippen LogP contribution >= 0.6 is 11.3 Å². The van der Waals surface area contributed by atoms with Crippen molar-refractivity contribution in [1.82, 2.24) is 0 Å². The summed E-state index contributed by atoms with van der Waals surface area (Å²) < 4.78 is 2.60. The Bertz CT molecular complexity index is 3650. The van der Waals surface area contributed by atoms with E-state index in [2.05, 4.69) is 241 Å². The van der Waals surface area contributed by atoms with Gasteiger partial charge >= 0.3 is 0 Å². The minimum Gasteiger partial charge on any atom is -0.309 e. The van der Waals surface area contributed by atoms with E-state index in [0.29, 0.717) is 0 Å². The van der Waals surface area contributed by atoms with Crippen molar-refractivity contribution in [2.45, 2.75) is 0 Å². The molecule has 0 bridgehead atoms. The van der Waals surface area contributed by atoms with Gasteiger partial charge in [0.25, 0.3) is 0 Å². The Kier molecular flexibility index (Phi) is 8.76. The number of benzene rings is 11. The van der Waals surface area contributed by atoms with E-state index in [1.54, 1.807) is 0 Å². The second-order valence-corrected chi connectivity index (χ2v) is 17.0. The van der Waals surface area contributed by atoms with Gasteiger partial charge in [-0.15, -0.1) is 11.3 Å². The van der Waals surface area contributed by atoms with Gasteiger partial charge in [-0.05, 0) is 78.8 Å². The van der Waals surface area contributed by atoms with Crippen molar-refractivity contribution in [2.75, 3.05) is 4.90 Å². The third-order valence-electron chi connectivity index (χ3n) is 12.5. The zero-order valence-corrected chi connectivity index (χ0v) is 34.7. The first-order chi connectivity index (χ1) is 30.8. The molecule has 0 amide bonds. The third kappa shape index (κ3) is 5.91. The maximum Gasteiger partial charge on any atom is 0.0541 e. The van der Waals surface area contributed by atoms with Gasteiger partial charge < -0.3 is 4.90 Å². The molecule has 290 valence electrons. The van der Waals surface area contributed by atoms with Gasteiger partial charge in [-0.3, -0.25) is 0 Å². The second-order valence-electron chi connectivity index (χ2n) is 15.9. The van der Waals surface area contributed by atoms with E-state index in [1.165, 1.54) is 91.4 Å². The monoisotopic (exact) mass is 805 g/mol. The molecule has 0 aliphatic rings. The van der Waals surface area contributed by atoms with Gasteiger partial charge in [-0.1, -0.05) is 212 Å². The van der Waals surface area contributed by atoms with Gasteiger partial charge in [0.05, 0.1) is 17.1 Å². The predicted molar refractivity (Wildman–Crippen MR) is 268 cm³/mol. The highest BCUT2D eigenvalue weighted by molar-refractivity contribution is 7.26. The van der Waals surface area contributed by atoms with Crippen molar-refractivity contribution in [3.63, 3.8) is 0 Å². The van der Waals surface area contributed by atoms with E-state index in [0.717, 1.165) is 22.6 Å². The van der Waals surface area contributed by atoms with Crippen molar-refractivity contribution < 1.29 is 0 Å². The van der Waals surface area contributed by atoms with Crippen LogP contribution in [0.15, 0.2) is 237 Å². The van der Waals surface area contributed by atoms with Crippen LogP contribution in [0.1, 0.15) is 0 Å². The molecule has 0 unspecified atom stereocenters. The molecule has 1 nitrogen and oxygen atoms in total. The Morgan fingerprint density at radius 3 is 1.48 bits per heavy atom. The minimum atomic E-state index is 1.11. The lowest BCUT2D eigenvalue weighted by molar-refractivity contribution is 1.29. The Morgan fingerprint density at radius 1 is 0.258 bits per heavy atom. The molecule has 0 atom stereocenters. The molecule has 12 rings (SSSR count). The van der Waals surface area contributed by atoms with Gasteiger partial charge in [-0.2, -0.15) is 0 Å². The summed E-state index contributed by atoms with van der Waals surface area (Å²) in [6.07, 6.45) is 0. The quantitative estimate of drug-likeness (QED) is 0.145. The Hall–Kier alpha value is -7.78. The first-order valence-corrected chi connectivity index (χ1v) is 22.1. The van der Waals surface area contributed by atoms with Crippen molar-refractivity contribution in [2.24, 2.45) is 0 Å². The van der Waals surface area contributed by atoms with Crippen molar-refractivity contribution in [3.05, 3.63) is 237 Å². The molecule has 0 saturated carbocycles. The number of thiophene rings is 1. The summed E-state index contributed by atoms with van der Waals surface area (Å²) in [5, 5.41) is 10.0. The highest BCUT2D eigenvalue weighted by atomic mass is 32.1. The topological polar surface area (TPSA) is 3.24 Å². The lowest BCUT2D eigenvalue weighted by atomic mass is 9.89. The second kappa shape index (κ2) is 15.0. The number of anilines is 3. The predicted octanol–water partition coefficient (Wildman–Crippen LogP) is 17.7. The number of para-hydroxylation sites is 3. The molecule has 0 spiro atoms. The fourth-order valence-corrected chi connectivity index (χ4v) is 11.0. The molecule has 2 heteroatoms. The molecule has 0 N–H and O–H groups in total. The van der Waals surface area contributed by atoms with Gasteiger partial charge in [0.1, 0.15) is 0 Å². The molecular weight excluding hydrogens is 767 g/mol. The van der Waals surface area contributed by atoms with Crippen LogP contribution in [-0.2, 0) is 0 Å². The first-order valence-electron chi connectivity index (χ1n) is 21.3. The first kappa shape index (κ1) is 36.1. The Labute approximate surface area is 365 Å². The number of rotatable bonds is 7. The molecular formula is C60H39NS. The fourth-order valence-electron chi connectivity index (χ4n) is 9.74. The molecule has 62 heavy (non-hydrogen) atoms. The maximum atomic E-state index is 2.54. The normalized spacial score (nSPS) is 11.5. The summed E-state index contributed by atoms with van der Waals surface area (Å²) in [7, 11) is 0. The maximum absolute atomic E-state index is 2.54. The van der Waals surface area contributed by atoms with Crippen LogP contribution in [0, 0.1) is 0 Å². The third-order valence-corrected chi connectivity index (χ3v) is 13.7. The summed E-state index contributed by atoms with van der Waals surface area (Å²) in [6.45, 7) is 0. The zero-order valence-electron chi connectivity index (χ0n) is 33.9. The molecule has 0 aliphatic heterocycles. The van der Waals surface area contributed by atoms with Crippen LogP contribution in [0.5, 0.6) is 0 Å². The van der Waals surface area contributed by atoms with Crippen LogP contribution in [0.2, 0.25) is 0 Å². The lowest BCUT2D eigenvalue weighted by Crippen LogP contribution is -2.13. The highest BCUT2D eigenvalue weighted by Gasteiger charge is 2.25. The lowest BCUT2D eigenvalue weighted by Gasteiger charge is -2.32. The summed E-state index contributed by atoms with van der Waals surface area (Å²) in [6, 6.07) is 86.9. The SMILES string of the molecule is c1ccc(-c2cccc3cccc(-c4ccccc4N(c4ccccc4-c4cccc5c4ccc4ccccc45)c4ccccc4-c4cccc5c4sc4ccccc45)c23)cc1. The Balaban J connectivity index is 1.17. The van der Waals surface area contributed by atoms with E-state index >= 15 is 0 Å². The van der Waals surface area contributed by atoms with Gasteiger partial charge in [0.15, 0.2) is 0 Å². The van der Waals surface area contributed by atoms with Crippen molar-refractivity contribution >= 4 is 80.9 Å². The number of fused-ring (bicyclic) bond motifs is 7. The van der Waals surface area contributed by atoms with E-state index in [9.17, 15) is 0 Å². The largest absolute Gasteiger partial charge is 0.309 e. The molecule has 0 fully saturated rings. The molecule has 0 aliphatic carbocycles. The Morgan fingerprint density at radius 2 is 0.742 bits per heavy atom. The van der Waals surface area contributed by atoms with E-state index in [-0.39, 0.29) is 0 Å². The molecule has 1 aromatic heterocycles. The molecule has 0 saturated heterocycles. The van der Waals surface area contributed by atoms with Crippen molar-refractivity contribution in [1.29, 1.82) is 0 Å².